The molecule has 3 rings (SSSR count). The van der Waals surface area contributed by atoms with Crippen LogP contribution < -0.4 is 10.6 Å². The van der Waals surface area contributed by atoms with E-state index >= 15 is 0 Å². The molecule has 1 aliphatic rings. The SMILES string of the molecule is CC(C)N(C)P(c1ccccc1)N(C1CCCCC1)P(c1ccccc1)N(C)C(C)C. The molecule has 2 aromatic carbocycles. The van der Waals surface area contributed by atoms with E-state index in [4.69, 9.17) is 0 Å². The molecule has 0 radical (unpaired) electrons. The molecular weight excluding hydrogens is 416 g/mol. The topological polar surface area (TPSA) is 9.72 Å². The van der Waals surface area contributed by atoms with Crippen LogP contribution >= 0.6 is 16.4 Å². The van der Waals surface area contributed by atoms with E-state index in [-0.39, 0.29) is 0 Å². The molecule has 0 aliphatic heterocycles. The fraction of sp³-hybridized carbons (Fsp3) is 0.538. The summed E-state index contributed by atoms with van der Waals surface area (Å²) in [6.07, 6.45) is 6.73. The average Bonchev–Trinajstić information content (AvgIpc) is 2.80. The van der Waals surface area contributed by atoms with Crippen molar-refractivity contribution in [3.05, 3.63) is 60.7 Å². The minimum atomic E-state index is -0.609. The van der Waals surface area contributed by atoms with Crippen LogP contribution in [0, 0.1) is 0 Å². The lowest BCUT2D eigenvalue weighted by molar-refractivity contribution is 0.321. The van der Waals surface area contributed by atoms with Gasteiger partial charge in [-0.15, -0.1) is 0 Å². The largest absolute Gasteiger partial charge is 0.267 e. The Hall–Kier alpha value is -0.820. The summed E-state index contributed by atoms with van der Waals surface area (Å²) in [6, 6.07) is 24.2. The second-order valence-corrected chi connectivity index (χ2v) is 13.8. The first-order valence-electron chi connectivity index (χ1n) is 11.9. The maximum Gasteiger partial charge on any atom is 0.0776 e. The van der Waals surface area contributed by atoms with Crippen LogP contribution in [0.4, 0.5) is 0 Å². The molecule has 0 saturated heterocycles. The van der Waals surface area contributed by atoms with Gasteiger partial charge in [0.05, 0.1) is 16.4 Å². The zero-order valence-corrected chi connectivity index (χ0v) is 22.1. The molecule has 2 unspecified atom stereocenters. The van der Waals surface area contributed by atoms with Crippen molar-refractivity contribution in [2.24, 2.45) is 0 Å². The van der Waals surface area contributed by atoms with Crippen LogP contribution in [0.25, 0.3) is 0 Å². The minimum absolute atomic E-state index is 0.495. The summed E-state index contributed by atoms with van der Waals surface area (Å²) in [5.41, 5.74) is 0. The van der Waals surface area contributed by atoms with Crippen molar-refractivity contribution >= 4 is 27.1 Å². The Kier molecular flexibility index (Phi) is 9.50. The van der Waals surface area contributed by atoms with Crippen molar-refractivity contribution in [1.29, 1.82) is 0 Å². The van der Waals surface area contributed by atoms with Gasteiger partial charge < -0.3 is 0 Å². The molecule has 2 aromatic rings. The third kappa shape index (κ3) is 6.16. The number of benzene rings is 2. The Morgan fingerprint density at radius 2 is 1.03 bits per heavy atom. The summed E-state index contributed by atoms with van der Waals surface area (Å²) < 4.78 is 8.27. The van der Waals surface area contributed by atoms with Gasteiger partial charge in [-0.2, -0.15) is 0 Å². The van der Waals surface area contributed by atoms with Gasteiger partial charge in [-0.25, -0.2) is 4.44 Å². The molecule has 0 spiro atoms. The Bertz CT molecular complexity index is 705. The molecule has 0 heterocycles. The highest BCUT2D eigenvalue weighted by molar-refractivity contribution is 7.75. The van der Waals surface area contributed by atoms with Gasteiger partial charge in [0, 0.05) is 28.7 Å². The van der Waals surface area contributed by atoms with Gasteiger partial charge in [-0.1, -0.05) is 79.9 Å². The first-order chi connectivity index (χ1) is 14.9. The summed E-state index contributed by atoms with van der Waals surface area (Å²) in [5, 5.41) is 2.94. The summed E-state index contributed by atoms with van der Waals surface area (Å²) in [4.78, 5) is 0. The first-order valence-corrected chi connectivity index (χ1v) is 14.4. The van der Waals surface area contributed by atoms with Crippen LogP contribution in [-0.4, -0.2) is 46.0 Å². The molecule has 1 saturated carbocycles. The summed E-state index contributed by atoms with van der Waals surface area (Å²) in [7, 11) is 3.46. The lowest BCUT2D eigenvalue weighted by atomic mass is 9.96. The standard InChI is InChI=1S/C26H41N3P2/c1-22(2)27(5)30(25-18-12-8-13-19-25)29(24-16-10-7-11-17-24)31(28(6)23(3)4)26-20-14-9-15-21-26/h8-9,12-15,18-24H,7,10-11,16-17H2,1-6H3. The maximum absolute atomic E-state index is 2.98. The van der Waals surface area contributed by atoms with Crippen LogP contribution in [-0.2, 0) is 0 Å². The molecule has 3 nitrogen and oxygen atoms in total. The van der Waals surface area contributed by atoms with E-state index < -0.39 is 16.4 Å². The number of rotatable bonds is 9. The minimum Gasteiger partial charge on any atom is -0.267 e. The summed E-state index contributed by atoms with van der Waals surface area (Å²) >= 11 is 0. The predicted molar refractivity (Wildman–Crippen MR) is 141 cm³/mol. The van der Waals surface area contributed by atoms with Crippen molar-refractivity contribution in [3.63, 3.8) is 0 Å². The Morgan fingerprint density at radius 3 is 1.39 bits per heavy atom. The third-order valence-electron chi connectivity index (χ3n) is 6.36. The van der Waals surface area contributed by atoms with E-state index in [1.54, 1.807) is 0 Å². The number of nitrogens with zero attached hydrogens (tertiary/aromatic N) is 3. The molecule has 0 N–H and O–H groups in total. The lowest BCUT2D eigenvalue weighted by Gasteiger charge is -2.51. The normalized spacial score (nSPS) is 17.8. The zero-order chi connectivity index (χ0) is 22.4. The third-order valence-corrected chi connectivity index (χ3v) is 12.4. The van der Waals surface area contributed by atoms with Gasteiger partial charge in [0.1, 0.15) is 0 Å². The van der Waals surface area contributed by atoms with Crippen molar-refractivity contribution in [3.8, 4) is 0 Å². The van der Waals surface area contributed by atoms with E-state index in [1.807, 2.05) is 0 Å². The molecule has 0 aromatic heterocycles. The van der Waals surface area contributed by atoms with Gasteiger partial charge in [0.2, 0.25) is 0 Å². The highest BCUT2D eigenvalue weighted by Crippen LogP contribution is 2.61. The summed E-state index contributed by atoms with van der Waals surface area (Å²) in [5.74, 6) is 0. The van der Waals surface area contributed by atoms with Crippen LogP contribution in [0.5, 0.6) is 0 Å². The van der Waals surface area contributed by atoms with Crippen LogP contribution in [0.2, 0.25) is 0 Å². The van der Waals surface area contributed by atoms with Gasteiger partial charge in [-0.05, 0) is 54.6 Å². The van der Waals surface area contributed by atoms with Crippen LogP contribution in [0.1, 0.15) is 59.8 Å². The highest BCUT2D eigenvalue weighted by atomic mass is 31.2. The number of hydrogen-bond acceptors (Lipinski definition) is 3. The maximum atomic E-state index is 2.98. The van der Waals surface area contributed by atoms with Crippen molar-refractivity contribution in [1.82, 2.24) is 13.8 Å². The van der Waals surface area contributed by atoms with Gasteiger partial charge in [0.25, 0.3) is 0 Å². The second-order valence-electron chi connectivity index (χ2n) is 9.20. The average molecular weight is 458 g/mol. The van der Waals surface area contributed by atoms with Crippen molar-refractivity contribution in [2.75, 3.05) is 14.1 Å². The van der Waals surface area contributed by atoms with Crippen LogP contribution in [0.3, 0.4) is 0 Å². The molecule has 31 heavy (non-hydrogen) atoms. The van der Waals surface area contributed by atoms with Gasteiger partial charge in [0.15, 0.2) is 0 Å². The van der Waals surface area contributed by atoms with Crippen molar-refractivity contribution in [2.45, 2.75) is 77.9 Å². The molecular formula is C26H41N3P2. The van der Waals surface area contributed by atoms with E-state index in [2.05, 4.69) is 116 Å². The molecule has 1 aliphatic carbocycles. The molecule has 1 fully saturated rings. The summed E-state index contributed by atoms with van der Waals surface area (Å²) in [6.45, 7) is 9.37. The Balaban J connectivity index is 2.17. The molecule has 0 amide bonds. The molecule has 170 valence electrons. The quantitative estimate of drug-likeness (QED) is 0.394. The second kappa shape index (κ2) is 11.9. The Morgan fingerprint density at radius 1 is 0.645 bits per heavy atom. The van der Waals surface area contributed by atoms with Gasteiger partial charge >= 0.3 is 0 Å². The molecule has 2 atom stereocenters. The fourth-order valence-electron chi connectivity index (χ4n) is 4.15. The van der Waals surface area contributed by atoms with Crippen LogP contribution in [0.15, 0.2) is 60.7 Å². The Labute approximate surface area is 193 Å². The van der Waals surface area contributed by atoms with E-state index in [0.717, 1.165) is 0 Å². The smallest absolute Gasteiger partial charge is 0.0776 e. The highest BCUT2D eigenvalue weighted by Gasteiger charge is 2.40. The van der Waals surface area contributed by atoms with E-state index in [9.17, 15) is 0 Å². The van der Waals surface area contributed by atoms with Crippen molar-refractivity contribution < 1.29 is 0 Å². The lowest BCUT2D eigenvalue weighted by Crippen LogP contribution is -2.44. The van der Waals surface area contributed by atoms with E-state index in [0.29, 0.717) is 18.1 Å². The van der Waals surface area contributed by atoms with Gasteiger partial charge in [-0.3, -0.25) is 9.34 Å². The molecule has 5 heteroatoms. The fourth-order valence-corrected chi connectivity index (χ4v) is 10.8. The monoisotopic (exact) mass is 457 g/mol. The van der Waals surface area contributed by atoms with E-state index in [1.165, 1.54) is 42.7 Å². The number of hydrogen-bond donors (Lipinski definition) is 0. The zero-order valence-electron chi connectivity index (χ0n) is 20.3. The molecule has 0 bridgehead atoms. The predicted octanol–water partition coefficient (Wildman–Crippen LogP) is 6.58. The first kappa shape index (κ1) is 24.8.